The summed E-state index contributed by atoms with van der Waals surface area (Å²) >= 11 is 5.87. The fraction of sp³-hybridized carbons (Fsp3) is 0.185. The number of carbonyl (C=O) groups excluding carboxylic acids is 1. The molecule has 1 amide bonds. The molecule has 0 radical (unpaired) electrons. The Kier molecular flexibility index (Phi) is 9.12. The highest BCUT2D eigenvalue weighted by molar-refractivity contribution is 14.1. The van der Waals surface area contributed by atoms with Gasteiger partial charge in [0.05, 0.1) is 20.8 Å². The monoisotopic (exact) mass is 710 g/mol. The normalized spacial score (nSPS) is 15.5. The molecule has 0 spiro atoms. The number of aryl methyl sites for hydroxylation is 1. The van der Waals surface area contributed by atoms with Crippen LogP contribution in [0.3, 0.4) is 0 Å². The Bertz CT molecular complexity index is 1270. The van der Waals surface area contributed by atoms with Crippen molar-refractivity contribution in [2.45, 2.75) is 26.9 Å². The number of halogens is 2. The summed E-state index contributed by atoms with van der Waals surface area (Å²) in [5, 5.41) is 3.43. The van der Waals surface area contributed by atoms with Gasteiger partial charge in [0, 0.05) is 3.57 Å². The van der Waals surface area contributed by atoms with Crippen molar-refractivity contribution in [2.75, 3.05) is 6.61 Å². The number of nitrogens with one attached hydrogen (secondary N) is 1. The molecule has 8 heteroatoms. The van der Waals surface area contributed by atoms with Crippen molar-refractivity contribution in [3.05, 3.63) is 89.4 Å². The summed E-state index contributed by atoms with van der Waals surface area (Å²) in [5.41, 5.74) is 4.02. The van der Waals surface area contributed by atoms with Gasteiger partial charge in [-0.05, 0) is 129 Å². The second kappa shape index (κ2) is 12.3. The molecule has 1 heterocycles. The van der Waals surface area contributed by atoms with Gasteiger partial charge in [0.2, 0.25) is 0 Å². The Morgan fingerprint density at radius 1 is 0.971 bits per heavy atom. The van der Waals surface area contributed by atoms with E-state index >= 15 is 0 Å². The Labute approximate surface area is 237 Å². The lowest BCUT2D eigenvalue weighted by Gasteiger charge is -2.15. The second-order valence-electron chi connectivity index (χ2n) is 7.68. The van der Waals surface area contributed by atoms with E-state index in [0.717, 1.165) is 26.8 Å². The van der Waals surface area contributed by atoms with Crippen molar-refractivity contribution < 1.29 is 14.3 Å². The first kappa shape index (κ1) is 26.0. The third-order valence-corrected chi connectivity index (χ3v) is 7.58. The fourth-order valence-electron chi connectivity index (χ4n) is 3.37. The predicted molar refractivity (Wildman–Crippen MR) is 160 cm³/mol. The van der Waals surface area contributed by atoms with E-state index in [1.54, 1.807) is 0 Å². The molecular weight excluding hydrogens is 686 g/mol. The van der Waals surface area contributed by atoms with E-state index in [4.69, 9.17) is 9.47 Å². The molecule has 1 N–H and O–H groups in total. The molecule has 4 rings (SSSR count). The Balaban J connectivity index is 1.53. The molecule has 0 aliphatic carbocycles. The topological polar surface area (TPSA) is 59.9 Å². The average Bonchev–Trinajstić information content (AvgIpc) is 3.18. The number of nitrogens with zero attached hydrogens (tertiary/aromatic N) is 1. The van der Waals surface area contributed by atoms with Gasteiger partial charge in [-0.3, -0.25) is 4.79 Å². The molecule has 1 aliphatic rings. The number of rotatable bonds is 8. The van der Waals surface area contributed by atoms with Crippen molar-refractivity contribution in [3.8, 4) is 11.5 Å². The summed E-state index contributed by atoms with van der Waals surface area (Å²) in [6, 6.07) is 20.2. The maximum Gasteiger partial charge on any atom is 0.264 e. The molecule has 35 heavy (non-hydrogen) atoms. The van der Waals surface area contributed by atoms with Gasteiger partial charge in [-0.2, -0.15) is 0 Å². The van der Waals surface area contributed by atoms with Gasteiger partial charge in [-0.15, -0.1) is 0 Å². The molecule has 0 bridgehead atoms. The van der Waals surface area contributed by atoms with E-state index in [0.29, 0.717) is 34.8 Å². The van der Waals surface area contributed by atoms with E-state index in [2.05, 4.69) is 98.8 Å². The van der Waals surface area contributed by atoms with Gasteiger partial charge >= 0.3 is 0 Å². The van der Waals surface area contributed by atoms with Gasteiger partial charge in [0.1, 0.15) is 6.61 Å². The minimum absolute atomic E-state index is 0.161. The van der Waals surface area contributed by atoms with Gasteiger partial charge in [-0.1, -0.05) is 31.2 Å². The minimum Gasteiger partial charge on any atom is -0.490 e. The van der Waals surface area contributed by atoms with Crippen LogP contribution in [0.25, 0.3) is 6.08 Å². The first-order valence-electron chi connectivity index (χ1n) is 11.2. The lowest BCUT2D eigenvalue weighted by atomic mass is 10.1. The zero-order chi connectivity index (χ0) is 24.8. The van der Waals surface area contributed by atoms with Gasteiger partial charge in [-0.25, -0.2) is 4.99 Å². The summed E-state index contributed by atoms with van der Waals surface area (Å²) in [5.74, 6) is 1.20. The first-order chi connectivity index (χ1) is 16.9. The molecule has 1 aliphatic heterocycles. The highest BCUT2D eigenvalue weighted by Crippen LogP contribution is 2.37. The molecule has 180 valence electrons. The van der Waals surface area contributed by atoms with Gasteiger partial charge < -0.3 is 14.8 Å². The number of benzene rings is 3. The Morgan fingerprint density at radius 3 is 2.37 bits per heavy atom. The van der Waals surface area contributed by atoms with Crippen molar-refractivity contribution in [1.82, 2.24) is 5.32 Å². The van der Waals surface area contributed by atoms with E-state index in [-0.39, 0.29) is 5.91 Å². The Morgan fingerprint density at radius 2 is 1.69 bits per heavy atom. The van der Waals surface area contributed by atoms with E-state index in [1.807, 2.05) is 37.3 Å². The predicted octanol–water partition coefficient (Wildman–Crippen LogP) is 7.33. The number of ether oxygens (including phenoxy) is 2. The highest BCUT2D eigenvalue weighted by atomic mass is 127. The number of hydrogen-bond donors (Lipinski definition) is 1. The number of amides is 1. The minimum atomic E-state index is -0.161. The lowest BCUT2D eigenvalue weighted by molar-refractivity contribution is -0.115. The van der Waals surface area contributed by atoms with Gasteiger partial charge in [0.25, 0.3) is 5.91 Å². The van der Waals surface area contributed by atoms with Crippen LogP contribution in [0, 0.1) is 7.14 Å². The second-order valence-corrected chi connectivity index (χ2v) is 11.1. The molecule has 0 unspecified atom stereocenters. The summed E-state index contributed by atoms with van der Waals surface area (Å²) in [7, 11) is 0. The molecule has 5 nitrogen and oxygen atoms in total. The fourth-order valence-corrected chi connectivity index (χ4v) is 5.35. The highest BCUT2D eigenvalue weighted by Gasteiger charge is 2.24. The van der Waals surface area contributed by atoms with E-state index in [1.165, 1.54) is 20.9 Å². The summed E-state index contributed by atoms with van der Waals surface area (Å²) in [4.78, 5) is 17.7. The first-order valence-corrected chi connectivity index (χ1v) is 14.1. The number of aliphatic imine (C=N–C) groups is 1. The summed E-state index contributed by atoms with van der Waals surface area (Å²) in [6.45, 7) is 5.02. The van der Waals surface area contributed by atoms with Crippen LogP contribution < -0.4 is 14.8 Å². The third-order valence-electron chi connectivity index (χ3n) is 5.15. The molecule has 0 aromatic heterocycles. The van der Waals surface area contributed by atoms with Crippen molar-refractivity contribution in [3.63, 3.8) is 0 Å². The molecule has 0 atom stereocenters. The zero-order valence-corrected chi connectivity index (χ0v) is 24.4. The van der Waals surface area contributed by atoms with Crippen LogP contribution in [0.4, 0.5) is 5.69 Å². The molecule has 1 fully saturated rings. The maximum absolute atomic E-state index is 12.6. The van der Waals surface area contributed by atoms with Crippen molar-refractivity contribution >= 4 is 79.8 Å². The summed E-state index contributed by atoms with van der Waals surface area (Å²) < 4.78 is 14.1. The van der Waals surface area contributed by atoms with Crippen LogP contribution in [0.1, 0.15) is 30.5 Å². The van der Waals surface area contributed by atoms with Crippen LogP contribution >= 0.6 is 56.9 Å². The van der Waals surface area contributed by atoms with Crippen LogP contribution in [-0.4, -0.2) is 17.7 Å². The maximum atomic E-state index is 12.6. The smallest absolute Gasteiger partial charge is 0.264 e. The molecule has 3 aromatic carbocycles. The largest absolute Gasteiger partial charge is 0.490 e. The lowest BCUT2D eigenvalue weighted by Crippen LogP contribution is -2.19. The van der Waals surface area contributed by atoms with Crippen LogP contribution in [-0.2, 0) is 17.8 Å². The standard InChI is InChI=1S/C27H24I2N2O3S/c1-3-17-7-11-21(12-8-17)30-27-31-26(32)24(35-27)15-19-13-22(29)25(23(14-19)33-4-2)34-16-18-5-9-20(28)10-6-18/h5-15H,3-4,16H2,1-2H3,(H,30,31,32)/b24-15-. The average molecular weight is 710 g/mol. The van der Waals surface area contributed by atoms with Crippen molar-refractivity contribution in [1.29, 1.82) is 0 Å². The SMILES string of the molecule is CCOc1cc(/C=C2\SC(=Nc3ccc(CC)cc3)NC2=O)cc(I)c1OCc1ccc(I)cc1. The third kappa shape index (κ3) is 7.01. The number of carbonyl (C=O) groups is 1. The van der Waals surface area contributed by atoms with Crippen LogP contribution in [0.2, 0.25) is 0 Å². The quantitative estimate of drug-likeness (QED) is 0.197. The molecule has 0 saturated carbocycles. The zero-order valence-electron chi connectivity index (χ0n) is 19.3. The summed E-state index contributed by atoms with van der Waals surface area (Å²) in [6.07, 6.45) is 2.84. The van der Waals surface area contributed by atoms with Crippen molar-refractivity contribution in [2.24, 2.45) is 4.99 Å². The Hall–Kier alpha value is -2.05. The molecular formula is C27H24I2N2O3S. The van der Waals surface area contributed by atoms with E-state index < -0.39 is 0 Å². The van der Waals surface area contributed by atoms with Gasteiger partial charge in [0.15, 0.2) is 16.7 Å². The molecule has 1 saturated heterocycles. The number of hydrogen-bond acceptors (Lipinski definition) is 5. The van der Waals surface area contributed by atoms with Crippen LogP contribution in [0.15, 0.2) is 70.6 Å². The number of thioether (sulfide) groups is 1. The number of amidine groups is 1. The molecule has 3 aromatic rings. The van der Waals surface area contributed by atoms with Crippen LogP contribution in [0.5, 0.6) is 11.5 Å². The van der Waals surface area contributed by atoms with E-state index in [9.17, 15) is 4.79 Å².